The fourth-order valence-electron chi connectivity index (χ4n) is 3.65. The molecular weight excluding hydrogens is 412 g/mol. The van der Waals surface area contributed by atoms with Crippen molar-refractivity contribution in [1.29, 1.82) is 0 Å². The highest BCUT2D eigenvalue weighted by Gasteiger charge is 2.19. The third kappa shape index (κ3) is 5.77. The Hall–Kier alpha value is -2.58. The lowest BCUT2D eigenvalue weighted by molar-refractivity contribution is 0.0951. The molecule has 0 aromatic heterocycles. The van der Waals surface area contributed by atoms with Crippen LogP contribution in [0, 0.1) is 0 Å². The van der Waals surface area contributed by atoms with Gasteiger partial charge in [0.15, 0.2) is 0 Å². The molecule has 0 atom stereocenters. The predicted octanol–water partition coefficient (Wildman–Crippen LogP) is 2.54. The van der Waals surface area contributed by atoms with Crippen LogP contribution < -0.4 is 14.5 Å². The molecule has 8 heteroatoms. The summed E-state index contributed by atoms with van der Waals surface area (Å²) in [6, 6.07) is 15.0. The van der Waals surface area contributed by atoms with Gasteiger partial charge >= 0.3 is 0 Å². The second kappa shape index (κ2) is 10.2. The van der Waals surface area contributed by atoms with Crippen LogP contribution in [0.15, 0.2) is 48.5 Å². The van der Waals surface area contributed by atoms with Crippen molar-refractivity contribution >= 4 is 27.3 Å². The van der Waals surface area contributed by atoms with Crippen LogP contribution in [0.1, 0.15) is 29.8 Å². The van der Waals surface area contributed by atoms with E-state index in [1.54, 1.807) is 38.1 Å². The number of sulfonamides is 1. The Labute approximate surface area is 185 Å². The number of nitrogens with one attached hydrogen (secondary N) is 1. The summed E-state index contributed by atoms with van der Waals surface area (Å²) in [4.78, 5) is 17.2. The lowest BCUT2D eigenvalue weighted by Crippen LogP contribution is -2.44. The van der Waals surface area contributed by atoms with Crippen molar-refractivity contribution in [2.24, 2.45) is 0 Å². The van der Waals surface area contributed by atoms with E-state index in [0.29, 0.717) is 24.3 Å². The number of likely N-dealkylation sites (N-methyl/N-ethyl adjacent to an activating group) is 1. The molecule has 1 N–H and O–H groups in total. The second-order valence-corrected chi connectivity index (χ2v) is 9.93. The molecule has 0 unspecified atom stereocenters. The van der Waals surface area contributed by atoms with Crippen LogP contribution in [0.5, 0.6) is 0 Å². The topological polar surface area (TPSA) is 73.0 Å². The quantitative estimate of drug-likeness (QED) is 0.677. The monoisotopic (exact) mass is 444 g/mol. The van der Waals surface area contributed by atoms with Gasteiger partial charge in [-0.2, -0.15) is 0 Å². The van der Waals surface area contributed by atoms with Crippen LogP contribution in [0.4, 0.5) is 11.4 Å². The molecule has 7 nitrogen and oxygen atoms in total. The SMILES string of the molecule is CCN(c1ccc(C(=O)NCc2ccc(N3CCN(C)CC3)cc2)cc1)S(=O)(=O)CC. The first kappa shape index (κ1) is 23.1. The zero-order chi connectivity index (χ0) is 22.4. The molecule has 0 radical (unpaired) electrons. The summed E-state index contributed by atoms with van der Waals surface area (Å²) in [6.45, 7) is 8.39. The van der Waals surface area contributed by atoms with Gasteiger partial charge < -0.3 is 15.1 Å². The molecule has 0 aliphatic carbocycles. The highest BCUT2D eigenvalue weighted by atomic mass is 32.2. The number of anilines is 2. The fourth-order valence-corrected chi connectivity index (χ4v) is 4.80. The zero-order valence-electron chi connectivity index (χ0n) is 18.5. The maximum Gasteiger partial charge on any atom is 0.251 e. The predicted molar refractivity (Wildman–Crippen MR) is 126 cm³/mol. The zero-order valence-corrected chi connectivity index (χ0v) is 19.4. The van der Waals surface area contributed by atoms with Gasteiger partial charge in [-0.15, -0.1) is 0 Å². The number of nitrogens with zero attached hydrogens (tertiary/aromatic N) is 3. The van der Waals surface area contributed by atoms with Gasteiger partial charge in [-0.05, 0) is 62.9 Å². The summed E-state index contributed by atoms with van der Waals surface area (Å²) in [6.07, 6.45) is 0. The Morgan fingerprint density at radius 2 is 1.58 bits per heavy atom. The van der Waals surface area contributed by atoms with E-state index in [0.717, 1.165) is 31.7 Å². The molecule has 1 fully saturated rings. The molecule has 168 valence electrons. The Bertz CT molecular complexity index is 967. The lowest BCUT2D eigenvalue weighted by Gasteiger charge is -2.34. The van der Waals surface area contributed by atoms with Crippen LogP contribution in [-0.2, 0) is 16.6 Å². The standard InChI is InChI=1S/C23H32N4O3S/c1-4-27(31(29,30)5-2)22-12-8-20(9-13-22)23(28)24-18-19-6-10-21(11-7-19)26-16-14-25(3)15-17-26/h6-13H,4-5,14-18H2,1-3H3,(H,24,28). The van der Waals surface area contributed by atoms with Crippen LogP contribution in [-0.4, -0.2) is 64.7 Å². The van der Waals surface area contributed by atoms with Gasteiger partial charge in [0.1, 0.15) is 0 Å². The van der Waals surface area contributed by atoms with E-state index in [9.17, 15) is 13.2 Å². The first-order valence-corrected chi connectivity index (χ1v) is 12.4. The van der Waals surface area contributed by atoms with E-state index in [4.69, 9.17) is 0 Å². The Kier molecular flexibility index (Phi) is 7.56. The van der Waals surface area contributed by atoms with Gasteiger partial charge in [0.05, 0.1) is 11.4 Å². The Morgan fingerprint density at radius 3 is 2.13 bits per heavy atom. The van der Waals surface area contributed by atoms with Crippen molar-refractivity contribution in [2.45, 2.75) is 20.4 Å². The van der Waals surface area contributed by atoms with Crippen molar-refractivity contribution < 1.29 is 13.2 Å². The first-order valence-electron chi connectivity index (χ1n) is 10.7. The molecule has 3 rings (SSSR count). The van der Waals surface area contributed by atoms with Crippen molar-refractivity contribution in [3.05, 3.63) is 59.7 Å². The molecule has 1 heterocycles. The van der Waals surface area contributed by atoms with Gasteiger partial charge in [0.2, 0.25) is 10.0 Å². The average molecular weight is 445 g/mol. The van der Waals surface area contributed by atoms with E-state index in [1.165, 1.54) is 9.99 Å². The van der Waals surface area contributed by atoms with E-state index < -0.39 is 10.0 Å². The average Bonchev–Trinajstić information content (AvgIpc) is 2.79. The highest BCUT2D eigenvalue weighted by molar-refractivity contribution is 7.92. The Morgan fingerprint density at radius 1 is 0.968 bits per heavy atom. The summed E-state index contributed by atoms with van der Waals surface area (Å²) in [5.74, 6) is -0.146. The van der Waals surface area contributed by atoms with Gasteiger partial charge in [-0.1, -0.05) is 12.1 Å². The minimum Gasteiger partial charge on any atom is -0.369 e. The number of hydrogen-bond donors (Lipinski definition) is 1. The smallest absolute Gasteiger partial charge is 0.251 e. The number of piperazine rings is 1. The molecule has 2 aromatic carbocycles. The van der Waals surface area contributed by atoms with Crippen molar-refractivity contribution in [1.82, 2.24) is 10.2 Å². The number of hydrogen-bond acceptors (Lipinski definition) is 5. The molecule has 1 saturated heterocycles. The molecule has 2 aromatic rings. The second-order valence-electron chi connectivity index (χ2n) is 7.75. The maximum atomic E-state index is 12.5. The number of benzene rings is 2. The largest absolute Gasteiger partial charge is 0.369 e. The summed E-state index contributed by atoms with van der Waals surface area (Å²) in [7, 11) is -1.19. The molecular formula is C23H32N4O3S. The van der Waals surface area contributed by atoms with Crippen molar-refractivity contribution in [3.63, 3.8) is 0 Å². The number of carbonyl (C=O) groups excluding carboxylic acids is 1. The molecule has 1 amide bonds. The van der Waals surface area contributed by atoms with Crippen molar-refractivity contribution in [3.8, 4) is 0 Å². The van der Waals surface area contributed by atoms with E-state index >= 15 is 0 Å². The van der Waals surface area contributed by atoms with E-state index in [2.05, 4.69) is 34.3 Å². The van der Waals surface area contributed by atoms with Crippen LogP contribution in [0.2, 0.25) is 0 Å². The van der Waals surface area contributed by atoms with Gasteiger partial charge in [-0.25, -0.2) is 8.42 Å². The van der Waals surface area contributed by atoms with Crippen molar-refractivity contribution in [2.75, 3.05) is 54.7 Å². The summed E-state index contributed by atoms with van der Waals surface area (Å²) >= 11 is 0. The van der Waals surface area contributed by atoms with Gasteiger partial charge in [0, 0.05) is 50.5 Å². The minimum atomic E-state index is -3.33. The molecule has 0 saturated carbocycles. The van der Waals surface area contributed by atoms with Crippen LogP contribution >= 0.6 is 0 Å². The molecule has 1 aliphatic heterocycles. The summed E-state index contributed by atoms with van der Waals surface area (Å²) in [5.41, 5.74) is 3.32. The normalized spacial score (nSPS) is 15.0. The number of amides is 1. The first-order chi connectivity index (χ1) is 14.8. The van der Waals surface area contributed by atoms with E-state index in [1.807, 2.05) is 12.1 Å². The Balaban J connectivity index is 1.57. The highest BCUT2D eigenvalue weighted by Crippen LogP contribution is 2.20. The van der Waals surface area contributed by atoms with Gasteiger partial charge in [0.25, 0.3) is 5.91 Å². The van der Waals surface area contributed by atoms with Gasteiger partial charge in [-0.3, -0.25) is 9.10 Å². The van der Waals surface area contributed by atoms with E-state index in [-0.39, 0.29) is 11.7 Å². The third-order valence-electron chi connectivity index (χ3n) is 5.66. The fraction of sp³-hybridized carbons (Fsp3) is 0.435. The molecule has 31 heavy (non-hydrogen) atoms. The van der Waals surface area contributed by atoms with Crippen LogP contribution in [0.3, 0.4) is 0 Å². The minimum absolute atomic E-state index is 0.0384. The third-order valence-corrected chi connectivity index (χ3v) is 7.53. The number of carbonyl (C=O) groups is 1. The molecule has 1 aliphatic rings. The maximum absolute atomic E-state index is 12.5. The lowest BCUT2D eigenvalue weighted by atomic mass is 10.1. The summed E-state index contributed by atoms with van der Waals surface area (Å²) in [5, 5.41) is 2.93. The molecule has 0 spiro atoms. The number of rotatable bonds is 8. The molecule has 0 bridgehead atoms. The summed E-state index contributed by atoms with van der Waals surface area (Å²) < 4.78 is 25.7. The van der Waals surface area contributed by atoms with Crippen LogP contribution in [0.25, 0.3) is 0 Å².